The minimum Gasteiger partial charge on any atom is -0.444 e. The Labute approximate surface area is 112 Å². The number of alkyl carbamates (subject to hydrolysis) is 1. The van der Waals surface area contributed by atoms with Crippen LogP contribution in [0.3, 0.4) is 0 Å². The Kier molecular flexibility index (Phi) is 6.14. The van der Waals surface area contributed by atoms with E-state index in [1.165, 1.54) is 0 Å². The number of rotatable bonds is 5. The van der Waals surface area contributed by atoms with Crippen molar-refractivity contribution in [3.63, 3.8) is 0 Å². The molecule has 108 valence electrons. The van der Waals surface area contributed by atoms with Gasteiger partial charge in [-0.3, -0.25) is 0 Å². The monoisotopic (exact) mass is 258 g/mol. The second-order valence-corrected chi connectivity index (χ2v) is 7.08. The third-order valence-corrected chi connectivity index (χ3v) is 2.82. The lowest BCUT2D eigenvalue weighted by Crippen LogP contribution is -2.47. The molecule has 1 amide bonds. The molecule has 0 radical (unpaired) electrons. The van der Waals surface area contributed by atoms with E-state index in [-0.39, 0.29) is 17.6 Å². The SMILES string of the molecule is CC(C)CC(N)C(C)(C)CNC(=O)OC(C)(C)C. The van der Waals surface area contributed by atoms with Gasteiger partial charge in [-0.05, 0) is 38.5 Å². The summed E-state index contributed by atoms with van der Waals surface area (Å²) in [6, 6.07) is 0.0624. The fourth-order valence-electron chi connectivity index (χ4n) is 1.57. The summed E-state index contributed by atoms with van der Waals surface area (Å²) in [7, 11) is 0. The normalized spacial score (nSPS) is 14.5. The molecule has 1 unspecified atom stereocenters. The Morgan fingerprint density at radius 1 is 1.22 bits per heavy atom. The van der Waals surface area contributed by atoms with E-state index in [1.807, 2.05) is 20.8 Å². The predicted molar refractivity (Wildman–Crippen MR) is 75.4 cm³/mol. The van der Waals surface area contributed by atoms with Crippen LogP contribution in [-0.2, 0) is 4.74 Å². The summed E-state index contributed by atoms with van der Waals surface area (Å²) in [5.74, 6) is 0.556. The maximum atomic E-state index is 11.6. The molecule has 4 heteroatoms. The molecule has 0 saturated carbocycles. The van der Waals surface area contributed by atoms with E-state index in [0.717, 1.165) is 6.42 Å². The summed E-state index contributed by atoms with van der Waals surface area (Å²) in [6.07, 6.45) is 0.565. The molecule has 1 atom stereocenters. The summed E-state index contributed by atoms with van der Waals surface area (Å²) in [6.45, 7) is 14.5. The maximum Gasteiger partial charge on any atom is 0.407 e. The van der Waals surface area contributed by atoms with E-state index in [2.05, 4.69) is 33.0 Å². The Balaban J connectivity index is 4.22. The van der Waals surface area contributed by atoms with Crippen LogP contribution in [0.2, 0.25) is 0 Å². The highest BCUT2D eigenvalue weighted by molar-refractivity contribution is 5.67. The minimum atomic E-state index is -0.464. The first-order valence-corrected chi connectivity index (χ1v) is 6.66. The number of ether oxygens (including phenoxy) is 1. The van der Waals surface area contributed by atoms with E-state index in [1.54, 1.807) is 0 Å². The molecular formula is C14H30N2O2. The van der Waals surface area contributed by atoms with E-state index in [4.69, 9.17) is 10.5 Å². The molecular weight excluding hydrogens is 228 g/mol. The molecule has 3 N–H and O–H groups in total. The number of carbonyl (C=O) groups is 1. The lowest BCUT2D eigenvalue weighted by molar-refractivity contribution is 0.0499. The Hall–Kier alpha value is -0.770. The van der Waals surface area contributed by atoms with Gasteiger partial charge in [-0.2, -0.15) is 0 Å². The van der Waals surface area contributed by atoms with Crippen LogP contribution in [0.15, 0.2) is 0 Å². The molecule has 18 heavy (non-hydrogen) atoms. The lowest BCUT2D eigenvalue weighted by atomic mass is 9.80. The molecule has 0 aromatic rings. The average Bonchev–Trinajstić information content (AvgIpc) is 2.11. The standard InChI is InChI=1S/C14H30N2O2/c1-10(2)8-11(15)14(6,7)9-16-12(17)18-13(3,4)5/h10-11H,8-9,15H2,1-7H3,(H,16,17). The lowest BCUT2D eigenvalue weighted by Gasteiger charge is -2.33. The van der Waals surface area contributed by atoms with Crippen LogP contribution >= 0.6 is 0 Å². The van der Waals surface area contributed by atoms with Crippen LogP contribution in [0, 0.1) is 11.3 Å². The van der Waals surface area contributed by atoms with Crippen molar-refractivity contribution in [3.8, 4) is 0 Å². The van der Waals surface area contributed by atoms with Gasteiger partial charge in [0.2, 0.25) is 0 Å². The topological polar surface area (TPSA) is 64.3 Å². The van der Waals surface area contributed by atoms with Gasteiger partial charge in [0.05, 0.1) is 0 Å². The fourth-order valence-corrected chi connectivity index (χ4v) is 1.57. The third kappa shape index (κ3) is 7.54. The molecule has 0 aliphatic rings. The van der Waals surface area contributed by atoms with E-state index in [0.29, 0.717) is 12.5 Å². The molecule has 0 bridgehead atoms. The number of nitrogens with two attached hydrogens (primary N) is 1. The van der Waals surface area contributed by atoms with Crippen molar-refractivity contribution in [1.29, 1.82) is 0 Å². The smallest absolute Gasteiger partial charge is 0.407 e. The molecule has 0 rings (SSSR count). The average molecular weight is 258 g/mol. The largest absolute Gasteiger partial charge is 0.444 e. The number of hydrogen-bond acceptors (Lipinski definition) is 3. The Morgan fingerprint density at radius 2 is 1.72 bits per heavy atom. The van der Waals surface area contributed by atoms with Gasteiger partial charge in [0.25, 0.3) is 0 Å². The molecule has 4 nitrogen and oxygen atoms in total. The molecule has 0 fully saturated rings. The minimum absolute atomic E-state index is 0.0624. The van der Waals surface area contributed by atoms with Crippen molar-refractivity contribution in [1.82, 2.24) is 5.32 Å². The number of hydrogen-bond donors (Lipinski definition) is 2. The highest BCUT2D eigenvalue weighted by atomic mass is 16.6. The number of nitrogens with one attached hydrogen (secondary N) is 1. The van der Waals surface area contributed by atoms with Gasteiger partial charge in [-0.1, -0.05) is 27.7 Å². The summed E-state index contributed by atoms with van der Waals surface area (Å²) in [5, 5.41) is 2.79. The van der Waals surface area contributed by atoms with E-state index < -0.39 is 5.60 Å². The fraction of sp³-hybridized carbons (Fsp3) is 0.929. The zero-order valence-electron chi connectivity index (χ0n) is 13.0. The van der Waals surface area contributed by atoms with Crippen LogP contribution in [0.5, 0.6) is 0 Å². The number of amides is 1. The zero-order valence-corrected chi connectivity index (χ0v) is 13.0. The van der Waals surface area contributed by atoms with Crippen molar-refractivity contribution < 1.29 is 9.53 Å². The summed E-state index contributed by atoms with van der Waals surface area (Å²) < 4.78 is 5.20. The molecule has 0 aliphatic carbocycles. The van der Waals surface area contributed by atoms with Gasteiger partial charge in [0, 0.05) is 12.6 Å². The third-order valence-electron chi connectivity index (χ3n) is 2.82. The molecule has 0 aliphatic heterocycles. The van der Waals surface area contributed by atoms with Crippen LogP contribution in [0.4, 0.5) is 4.79 Å². The Bertz CT molecular complexity index is 267. The van der Waals surface area contributed by atoms with Crippen LogP contribution in [0.1, 0.15) is 54.9 Å². The second kappa shape index (κ2) is 6.41. The van der Waals surface area contributed by atoms with Crippen LogP contribution < -0.4 is 11.1 Å². The van der Waals surface area contributed by atoms with Crippen molar-refractivity contribution in [2.75, 3.05) is 6.54 Å². The van der Waals surface area contributed by atoms with Gasteiger partial charge in [0.1, 0.15) is 5.60 Å². The van der Waals surface area contributed by atoms with Crippen molar-refractivity contribution in [2.24, 2.45) is 17.1 Å². The van der Waals surface area contributed by atoms with Crippen LogP contribution in [0.25, 0.3) is 0 Å². The summed E-state index contributed by atoms with van der Waals surface area (Å²) in [5.41, 5.74) is 5.57. The number of carbonyl (C=O) groups excluding carboxylic acids is 1. The summed E-state index contributed by atoms with van der Waals surface area (Å²) >= 11 is 0. The van der Waals surface area contributed by atoms with Gasteiger partial charge < -0.3 is 15.8 Å². The molecule has 0 heterocycles. The van der Waals surface area contributed by atoms with Gasteiger partial charge in [-0.25, -0.2) is 4.79 Å². The van der Waals surface area contributed by atoms with Crippen LogP contribution in [-0.4, -0.2) is 24.3 Å². The first-order valence-electron chi connectivity index (χ1n) is 6.66. The maximum absolute atomic E-state index is 11.6. The molecule has 0 aromatic carbocycles. The van der Waals surface area contributed by atoms with Gasteiger partial charge in [0.15, 0.2) is 0 Å². The molecule has 0 spiro atoms. The second-order valence-electron chi connectivity index (χ2n) is 7.08. The van der Waals surface area contributed by atoms with Crippen molar-refractivity contribution in [3.05, 3.63) is 0 Å². The zero-order chi connectivity index (χ0) is 14.6. The van der Waals surface area contributed by atoms with E-state index >= 15 is 0 Å². The summed E-state index contributed by atoms with van der Waals surface area (Å²) in [4.78, 5) is 11.6. The predicted octanol–water partition coefficient (Wildman–Crippen LogP) is 2.91. The van der Waals surface area contributed by atoms with Crippen molar-refractivity contribution >= 4 is 6.09 Å². The first kappa shape index (κ1) is 17.2. The quantitative estimate of drug-likeness (QED) is 0.797. The first-order chi connectivity index (χ1) is 7.94. The van der Waals surface area contributed by atoms with Gasteiger partial charge in [-0.15, -0.1) is 0 Å². The molecule has 0 aromatic heterocycles. The van der Waals surface area contributed by atoms with E-state index in [9.17, 15) is 4.79 Å². The Morgan fingerprint density at radius 3 is 2.11 bits per heavy atom. The highest BCUT2D eigenvalue weighted by Crippen LogP contribution is 2.23. The highest BCUT2D eigenvalue weighted by Gasteiger charge is 2.28. The molecule has 0 saturated heterocycles. The van der Waals surface area contributed by atoms with Gasteiger partial charge >= 0.3 is 6.09 Å². The van der Waals surface area contributed by atoms with Crippen molar-refractivity contribution in [2.45, 2.75) is 66.5 Å².